The molecule has 1 aliphatic rings. The first-order chi connectivity index (χ1) is 13.3. The summed E-state index contributed by atoms with van der Waals surface area (Å²) in [6.45, 7) is 1.04. The average molecular weight is 410 g/mol. The van der Waals surface area contributed by atoms with Gasteiger partial charge in [0.1, 0.15) is 12.3 Å². The van der Waals surface area contributed by atoms with Crippen LogP contribution in [-0.2, 0) is 19.6 Å². The number of aldehydes is 1. The molecule has 1 aromatic rings. The number of carbonyl (C=O) groups excluding carboxylic acids is 3. The van der Waals surface area contributed by atoms with Crippen LogP contribution >= 0.6 is 0 Å². The van der Waals surface area contributed by atoms with Gasteiger partial charge in [0.15, 0.2) is 0 Å². The number of sulfonamides is 1. The summed E-state index contributed by atoms with van der Waals surface area (Å²) in [6, 6.07) is 8.01. The van der Waals surface area contributed by atoms with Gasteiger partial charge in [-0.1, -0.05) is 18.2 Å². The largest absolute Gasteiger partial charge is 0.338 e. The van der Waals surface area contributed by atoms with Crippen molar-refractivity contribution in [2.24, 2.45) is 0 Å². The zero-order valence-corrected chi connectivity index (χ0v) is 17.1. The molecule has 1 heterocycles. The molecule has 1 aromatic carbocycles. The molecule has 0 radical (unpaired) electrons. The van der Waals surface area contributed by atoms with Gasteiger partial charge in [-0.3, -0.25) is 9.59 Å². The minimum Gasteiger partial charge on any atom is -0.338 e. The fourth-order valence-corrected chi connectivity index (χ4v) is 4.08. The number of carbonyl (C=O) groups is 3. The number of hydrogen-bond acceptors (Lipinski definition) is 5. The van der Waals surface area contributed by atoms with E-state index in [0.29, 0.717) is 24.8 Å². The first-order valence-electron chi connectivity index (χ1n) is 9.25. The summed E-state index contributed by atoms with van der Waals surface area (Å²) < 4.78 is 24.7. The molecule has 28 heavy (non-hydrogen) atoms. The van der Waals surface area contributed by atoms with E-state index in [1.54, 1.807) is 36.2 Å². The van der Waals surface area contributed by atoms with Crippen molar-refractivity contribution in [3.05, 3.63) is 35.9 Å². The van der Waals surface area contributed by atoms with Gasteiger partial charge in [-0.15, -0.1) is 0 Å². The van der Waals surface area contributed by atoms with Gasteiger partial charge in [0.25, 0.3) is 5.91 Å². The molecule has 9 heteroatoms. The van der Waals surface area contributed by atoms with Gasteiger partial charge >= 0.3 is 0 Å². The Morgan fingerprint density at radius 3 is 2.29 bits per heavy atom. The normalized spacial score (nSPS) is 16.4. The first-order valence-corrected chi connectivity index (χ1v) is 11.1. The molecule has 1 aliphatic heterocycles. The first kappa shape index (κ1) is 22.0. The van der Waals surface area contributed by atoms with Crippen molar-refractivity contribution in [3.63, 3.8) is 0 Å². The highest BCUT2D eigenvalue weighted by atomic mass is 32.2. The molecule has 1 fully saturated rings. The number of nitrogens with zero attached hydrogens (tertiary/aromatic N) is 3. The van der Waals surface area contributed by atoms with Crippen LogP contribution < -0.4 is 0 Å². The SMILES string of the molecule is CN(C(=O)c1ccccc1)C(CCCC=O)C(=O)N1CCN(S(C)(=O)=O)CC1. The van der Waals surface area contributed by atoms with E-state index >= 15 is 0 Å². The van der Waals surface area contributed by atoms with Crippen LogP contribution in [0, 0.1) is 0 Å². The number of unbranched alkanes of at least 4 members (excludes halogenated alkanes) is 1. The highest BCUT2D eigenvalue weighted by molar-refractivity contribution is 7.88. The zero-order valence-electron chi connectivity index (χ0n) is 16.3. The Morgan fingerprint density at radius 1 is 1.14 bits per heavy atom. The lowest BCUT2D eigenvalue weighted by Gasteiger charge is -2.37. The smallest absolute Gasteiger partial charge is 0.254 e. The number of amides is 2. The second-order valence-electron chi connectivity index (χ2n) is 6.88. The molecule has 2 amide bonds. The van der Waals surface area contributed by atoms with E-state index in [1.165, 1.54) is 9.21 Å². The summed E-state index contributed by atoms with van der Waals surface area (Å²) in [5.41, 5.74) is 0.486. The molecule has 0 aliphatic carbocycles. The molecule has 2 rings (SSSR count). The lowest BCUT2D eigenvalue weighted by molar-refractivity contribution is -0.137. The molecule has 0 bridgehead atoms. The fraction of sp³-hybridized carbons (Fsp3) is 0.526. The number of piperazine rings is 1. The Labute approximate surface area is 166 Å². The van der Waals surface area contributed by atoms with Crippen LogP contribution in [0.3, 0.4) is 0 Å². The molecular formula is C19H27N3O5S. The maximum atomic E-state index is 13.1. The van der Waals surface area contributed by atoms with Crippen molar-refractivity contribution in [2.45, 2.75) is 25.3 Å². The summed E-state index contributed by atoms with van der Waals surface area (Å²) in [5.74, 6) is -0.481. The monoisotopic (exact) mass is 409 g/mol. The standard InChI is InChI=1S/C19H27N3O5S/c1-20(18(24)16-8-4-3-5-9-16)17(10-6-7-15-23)19(25)21-11-13-22(14-12-21)28(2,26)27/h3-5,8-9,15,17H,6-7,10-14H2,1-2H3. The highest BCUT2D eigenvalue weighted by Crippen LogP contribution is 2.16. The Bertz CT molecular complexity index is 789. The molecule has 8 nitrogen and oxygen atoms in total. The molecule has 1 unspecified atom stereocenters. The van der Waals surface area contributed by atoms with Crippen LogP contribution in [0.25, 0.3) is 0 Å². The van der Waals surface area contributed by atoms with E-state index in [2.05, 4.69) is 0 Å². The minimum absolute atomic E-state index is 0.217. The topological polar surface area (TPSA) is 95.1 Å². The molecule has 0 saturated carbocycles. The van der Waals surface area contributed by atoms with E-state index in [4.69, 9.17) is 0 Å². The maximum absolute atomic E-state index is 13.1. The molecule has 0 N–H and O–H groups in total. The summed E-state index contributed by atoms with van der Waals surface area (Å²) in [7, 11) is -1.70. The van der Waals surface area contributed by atoms with Crippen molar-refractivity contribution < 1.29 is 22.8 Å². The number of rotatable bonds is 8. The van der Waals surface area contributed by atoms with Crippen LogP contribution in [-0.4, -0.2) is 86.1 Å². The lowest BCUT2D eigenvalue weighted by atomic mass is 10.0. The second-order valence-corrected chi connectivity index (χ2v) is 8.87. The van der Waals surface area contributed by atoms with Crippen LogP contribution in [0.15, 0.2) is 30.3 Å². The Hall–Kier alpha value is -2.26. The molecular weight excluding hydrogens is 382 g/mol. The number of likely N-dealkylation sites (N-methyl/N-ethyl adjacent to an activating group) is 1. The van der Waals surface area contributed by atoms with E-state index < -0.39 is 16.1 Å². The van der Waals surface area contributed by atoms with Gasteiger partial charge in [-0.05, 0) is 25.0 Å². The van der Waals surface area contributed by atoms with E-state index in [-0.39, 0.29) is 38.0 Å². The Balaban J connectivity index is 2.12. The minimum atomic E-state index is -3.29. The second kappa shape index (κ2) is 9.79. The van der Waals surface area contributed by atoms with Crippen molar-refractivity contribution in [1.29, 1.82) is 0 Å². The van der Waals surface area contributed by atoms with Crippen LogP contribution in [0.5, 0.6) is 0 Å². The van der Waals surface area contributed by atoms with Gasteiger partial charge in [0.2, 0.25) is 15.9 Å². The highest BCUT2D eigenvalue weighted by Gasteiger charge is 2.33. The number of benzene rings is 1. The van der Waals surface area contributed by atoms with Crippen molar-refractivity contribution in [1.82, 2.24) is 14.1 Å². The predicted molar refractivity (Wildman–Crippen MR) is 105 cm³/mol. The van der Waals surface area contributed by atoms with Crippen LogP contribution in [0.1, 0.15) is 29.6 Å². The van der Waals surface area contributed by atoms with Gasteiger partial charge in [-0.25, -0.2) is 8.42 Å². The third-order valence-corrected chi connectivity index (χ3v) is 6.22. The van der Waals surface area contributed by atoms with Crippen molar-refractivity contribution >= 4 is 28.1 Å². The van der Waals surface area contributed by atoms with Gasteiger partial charge in [0.05, 0.1) is 6.26 Å². The van der Waals surface area contributed by atoms with E-state index in [9.17, 15) is 22.8 Å². The van der Waals surface area contributed by atoms with Crippen LogP contribution in [0.4, 0.5) is 0 Å². The van der Waals surface area contributed by atoms with Crippen molar-refractivity contribution in [3.8, 4) is 0 Å². The molecule has 0 aromatic heterocycles. The molecule has 1 saturated heterocycles. The van der Waals surface area contributed by atoms with Gasteiger partial charge in [0, 0.05) is 45.2 Å². The van der Waals surface area contributed by atoms with Gasteiger partial charge < -0.3 is 14.6 Å². The van der Waals surface area contributed by atoms with E-state index in [0.717, 1.165) is 12.5 Å². The maximum Gasteiger partial charge on any atom is 0.254 e. The summed E-state index contributed by atoms with van der Waals surface area (Å²) >= 11 is 0. The molecule has 154 valence electrons. The Morgan fingerprint density at radius 2 is 1.75 bits per heavy atom. The predicted octanol–water partition coefficient (Wildman–Crippen LogP) is 0.600. The van der Waals surface area contributed by atoms with Crippen molar-refractivity contribution in [2.75, 3.05) is 39.5 Å². The van der Waals surface area contributed by atoms with E-state index in [1.807, 2.05) is 6.07 Å². The van der Waals surface area contributed by atoms with Crippen LogP contribution in [0.2, 0.25) is 0 Å². The lowest BCUT2D eigenvalue weighted by Crippen LogP contribution is -2.56. The summed E-state index contributed by atoms with van der Waals surface area (Å²) in [6.07, 6.45) is 3.14. The van der Waals surface area contributed by atoms with Gasteiger partial charge in [-0.2, -0.15) is 4.31 Å². The molecule has 0 spiro atoms. The fourth-order valence-electron chi connectivity index (χ4n) is 3.25. The Kier molecular flexibility index (Phi) is 7.70. The third kappa shape index (κ3) is 5.62. The zero-order chi connectivity index (χ0) is 20.7. The number of hydrogen-bond donors (Lipinski definition) is 0. The third-order valence-electron chi connectivity index (χ3n) is 4.91. The average Bonchev–Trinajstić information content (AvgIpc) is 2.70. The molecule has 1 atom stereocenters. The summed E-state index contributed by atoms with van der Waals surface area (Å²) in [4.78, 5) is 39.6. The summed E-state index contributed by atoms with van der Waals surface area (Å²) in [5, 5.41) is 0. The quantitative estimate of drug-likeness (QED) is 0.463.